The molecule has 4 heteroatoms. The monoisotopic (exact) mass is 258 g/mol. The zero-order chi connectivity index (χ0) is 10.4. The predicted octanol–water partition coefficient (Wildman–Crippen LogP) is 1.83. The van der Waals surface area contributed by atoms with Crippen LogP contribution in [0.4, 0.5) is 0 Å². The number of nitrogens with one attached hydrogen (secondary N) is 1. The van der Waals surface area contributed by atoms with Crippen LogP contribution in [0.1, 0.15) is 25.7 Å². The van der Waals surface area contributed by atoms with E-state index in [-0.39, 0.29) is 18.4 Å². The van der Waals surface area contributed by atoms with Crippen molar-refractivity contribution in [2.24, 2.45) is 11.8 Å². The molecule has 0 aromatic carbocycles. The summed E-state index contributed by atoms with van der Waals surface area (Å²) in [5.41, 5.74) is 0. The van der Waals surface area contributed by atoms with Crippen LogP contribution in [0.3, 0.4) is 0 Å². The topological polar surface area (TPSA) is 52.9 Å². The molecular formula is C10H15BrN2O. The fourth-order valence-electron chi connectivity index (χ4n) is 2.00. The van der Waals surface area contributed by atoms with Crippen molar-refractivity contribution in [3.8, 4) is 6.07 Å². The van der Waals surface area contributed by atoms with Crippen LogP contribution in [0, 0.1) is 23.2 Å². The summed E-state index contributed by atoms with van der Waals surface area (Å²) >= 11 is 3.44. The first-order chi connectivity index (χ1) is 6.79. The normalized spacial score (nSPS) is 26.6. The van der Waals surface area contributed by atoms with Crippen LogP contribution in [0.15, 0.2) is 0 Å². The van der Waals surface area contributed by atoms with Crippen LogP contribution in [0.5, 0.6) is 0 Å². The highest BCUT2D eigenvalue weighted by Gasteiger charge is 2.29. The SMILES string of the molecule is N#CCNC(=O)[C@H]1CCCC[C@@H]1CBr. The van der Waals surface area contributed by atoms with Crippen LogP contribution >= 0.6 is 15.9 Å². The van der Waals surface area contributed by atoms with Gasteiger partial charge in [0.1, 0.15) is 6.54 Å². The Kier molecular flexibility index (Phi) is 4.95. The molecule has 0 radical (unpaired) electrons. The number of rotatable bonds is 3. The molecule has 0 spiro atoms. The molecular weight excluding hydrogens is 244 g/mol. The molecule has 0 aromatic heterocycles. The van der Waals surface area contributed by atoms with Gasteiger partial charge in [0.25, 0.3) is 0 Å². The van der Waals surface area contributed by atoms with Crippen molar-refractivity contribution in [2.75, 3.05) is 11.9 Å². The van der Waals surface area contributed by atoms with Gasteiger partial charge in [-0.3, -0.25) is 4.79 Å². The van der Waals surface area contributed by atoms with E-state index in [1.54, 1.807) is 0 Å². The van der Waals surface area contributed by atoms with Crippen molar-refractivity contribution in [1.29, 1.82) is 5.26 Å². The average Bonchev–Trinajstić information content (AvgIpc) is 2.25. The quantitative estimate of drug-likeness (QED) is 0.621. The number of nitrogens with zero attached hydrogens (tertiary/aromatic N) is 1. The minimum absolute atomic E-state index is 0.0516. The lowest BCUT2D eigenvalue weighted by atomic mass is 9.80. The molecule has 0 aromatic rings. The standard InChI is InChI=1S/C10H15BrN2O/c11-7-8-3-1-2-4-9(8)10(14)13-6-5-12/h8-9H,1-4,6-7H2,(H,13,14)/t8-,9+/m1/s1. The number of alkyl halides is 1. The van der Waals surface area contributed by atoms with Gasteiger partial charge in [-0.05, 0) is 18.8 Å². The summed E-state index contributed by atoms with van der Waals surface area (Å²) in [5, 5.41) is 11.9. The lowest BCUT2D eigenvalue weighted by Gasteiger charge is -2.28. The third kappa shape index (κ3) is 2.98. The minimum Gasteiger partial charge on any atom is -0.343 e. The van der Waals surface area contributed by atoms with Gasteiger partial charge in [-0.2, -0.15) is 5.26 Å². The van der Waals surface area contributed by atoms with Gasteiger partial charge in [-0.1, -0.05) is 28.8 Å². The molecule has 1 saturated carbocycles. The molecule has 2 atom stereocenters. The highest BCUT2D eigenvalue weighted by Crippen LogP contribution is 2.31. The summed E-state index contributed by atoms with van der Waals surface area (Å²) in [5.74, 6) is 0.606. The largest absolute Gasteiger partial charge is 0.343 e. The van der Waals surface area contributed by atoms with Gasteiger partial charge < -0.3 is 5.32 Å². The number of hydrogen-bond acceptors (Lipinski definition) is 2. The van der Waals surface area contributed by atoms with Crippen molar-refractivity contribution in [2.45, 2.75) is 25.7 Å². The van der Waals surface area contributed by atoms with Crippen molar-refractivity contribution >= 4 is 21.8 Å². The molecule has 78 valence electrons. The van der Waals surface area contributed by atoms with Gasteiger partial charge >= 0.3 is 0 Å². The van der Waals surface area contributed by atoms with Crippen LogP contribution in [-0.4, -0.2) is 17.8 Å². The summed E-state index contributed by atoms with van der Waals surface area (Å²) in [6, 6.07) is 1.93. The highest BCUT2D eigenvalue weighted by molar-refractivity contribution is 9.09. The van der Waals surface area contributed by atoms with E-state index in [9.17, 15) is 4.79 Å². The molecule has 0 heterocycles. The first-order valence-corrected chi connectivity index (χ1v) is 6.12. The Morgan fingerprint density at radius 3 is 2.86 bits per heavy atom. The van der Waals surface area contributed by atoms with Gasteiger partial charge in [0.2, 0.25) is 5.91 Å². The number of carbonyl (C=O) groups excluding carboxylic acids is 1. The number of amides is 1. The minimum atomic E-state index is 0.0516. The van der Waals surface area contributed by atoms with Gasteiger partial charge in [0.15, 0.2) is 0 Å². The second-order valence-electron chi connectivity index (χ2n) is 3.68. The number of nitriles is 1. The molecule has 0 unspecified atom stereocenters. The van der Waals surface area contributed by atoms with E-state index in [2.05, 4.69) is 21.2 Å². The van der Waals surface area contributed by atoms with Gasteiger partial charge in [0.05, 0.1) is 6.07 Å². The van der Waals surface area contributed by atoms with Gasteiger partial charge in [0, 0.05) is 11.2 Å². The fourth-order valence-corrected chi connectivity index (χ4v) is 2.77. The van der Waals surface area contributed by atoms with Crippen molar-refractivity contribution < 1.29 is 4.79 Å². The van der Waals surface area contributed by atoms with E-state index in [4.69, 9.17) is 5.26 Å². The van der Waals surface area contributed by atoms with Gasteiger partial charge in [-0.15, -0.1) is 0 Å². The summed E-state index contributed by atoms with van der Waals surface area (Å²) in [4.78, 5) is 11.6. The molecule has 1 rings (SSSR count). The van der Waals surface area contributed by atoms with Crippen LogP contribution in [0.2, 0.25) is 0 Å². The highest BCUT2D eigenvalue weighted by atomic mass is 79.9. The number of halogens is 1. The molecule has 0 saturated heterocycles. The van der Waals surface area contributed by atoms with E-state index in [1.165, 1.54) is 6.42 Å². The average molecular weight is 259 g/mol. The molecule has 14 heavy (non-hydrogen) atoms. The fraction of sp³-hybridized carbons (Fsp3) is 0.800. The number of carbonyl (C=O) groups is 1. The van der Waals surface area contributed by atoms with E-state index < -0.39 is 0 Å². The Labute approximate surface area is 93.0 Å². The van der Waals surface area contributed by atoms with E-state index in [0.717, 1.165) is 24.6 Å². The molecule has 1 aliphatic carbocycles. The van der Waals surface area contributed by atoms with Crippen molar-refractivity contribution in [3.63, 3.8) is 0 Å². The Hall–Kier alpha value is -0.560. The summed E-state index contributed by atoms with van der Waals surface area (Å²) in [6.07, 6.45) is 4.44. The maximum atomic E-state index is 11.6. The molecule has 1 fully saturated rings. The summed E-state index contributed by atoms with van der Waals surface area (Å²) in [6.45, 7) is 0.129. The third-order valence-electron chi connectivity index (χ3n) is 2.79. The first kappa shape index (κ1) is 11.5. The van der Waals surface area contributed by atoms with Gasteiger partial charge in [-0.25, -0.2) is 0 Å². The van der Waals surface area contributed by atoms with Crippen LogP contribution in [0.25, 0.3) is 0 Å². The van der Waals surface area contributed by atoms with E-state index >= 15 is 0 Å². The third-order valence-corrected chi connectivity index (χ3v) is 3.62. The second kappa shape index (κ2) is 6.02. The maximum Gasteiger partial charge on any atom is 0.224 e. The Morgan fingerprint density at radius 2 is 2.21 bits per heavy atom. The molecule has 0 aliphatic heterocycles. The smallest absolute Gasteiger partial charge is 0.224 e. The molecule has 3 nitrogen and oxygen atoms in total. The molecule has 1 amide bonds. The summed E-state index contributed by atoms with van der Waals surface area (Å²) < 4.78 is 0. The summed E-state index contributed by atoms with van der Waals surface area (Å²) in [7, 11) is 0. The molecule has 0 bridgehead atoms. The van der Waals surface area contributed by atoms with E-state index in [0.29, 0.717) is 5.92 Å². The second-order valence-corrected chi connectivity index (χ2v) is 4.33. The Balaban J connectivity index is 2.46. The molecule has 1 N–H and O–H groups in total. The Bertz CT molecular complexity index is 237. The predicted molar refractivity (Wildman–Crippen MR) is 57.9 cm³/mol. The zero-order valence-electron chi connectivity index (χ0n) is 8.13. The molecule has 1 aliphatic rings. The maximum absolute atomic E-state index is 11.6. The first-order valence-electron chi connectivity index (χ1n) is 5.00. The zero-order valence-corrected chi connectivity index (χ0v) is 9.72. The number of hydrogen-bond donors (Lipinski definition) is 1. The lowest BCUT2D eigenvalue weighted by Crippen LogP contribution is -2.37. The van der Waals surface area contributed by atoms with Crippen LogP contribution < -0.4 is 5.32 Å². The van der Waals surface area contributed by atoms with Crippen LogP contribution in [-0.2, 0) is 4.79 Å². The van der Waals surface area contributed by atoms with Crippen molar-refractivity contribution in [3.05, 3.63) is 0 Å². The van der Waals surface area contributed by atoms with Crippen molar-refractivity contribution in [1.82, 2.24) is 5.32 Å². The lowest BCUT2D eigenvalue weighted by molar-refractivity contribution is -0.127. The Morgan fingerprint density at radius 1 is 1.50 bits per heavy atom. The van der Waals surface area contributed by atoms with E-state index in [1.807, 2.05) is 6.07 Å².